The van der Waals surface area contributed by atoms with Gasteiger partial charge in [0.05, 0.1) is 22.3 Å². The molecule has 2 aromatic heterocycles. The molecule has 0 unspecified atom stereocenters. The molecular formula is C15H14FN5O. The van der Waals surface area contributed by atoms with Gasteiger partial charge in [0, 0.05) is 5.69 Å². The summed E-state index contributed by atoms with van der Waals surface area (Å²) in [6.07, 6.45) is 0. The summed E-state index contributed by atoms with van der Waals surface area (Å²) in [5, 5.41) is 5.04. The van der Waals surface area contributed by atoms with Gasteiger partial charge in [0.2, 0.25) is 0 Å². The summed E-state index contributed by atoms with van der Waals surface area (Å²) in [5.41, 5.74) is 5.04. The van der Waals surface area contributed by atoms with E-state index in [0.717, 1.165) is 0 Å². The fourth-order valence-corrected chi connectivity index (χ4v) is 2.43. The van der Waals surface area contributed by atoms with Gasteiger partial charge in [0.15, 0.2) is 5.65 Å². The van der Waals surface area contributed by atoms with E-state index in [1.807, 2.05) is 0 Å². The molecule has 2 heterocycles. The Morgan fingerprint density at radius 2 is 1.95 bits per heavy atom. The number of amides is 1. The molecule has 0 aliphatic rings. The van der Waals surface area contributed by atoms with E-state index >= 15 is 0 Å². The molecule has 0 aliphatic carbocycles. The van der Waals surface area contributed by atoms with Gasteiger partial charge in [-0.05, 0) is 44.2 Å². The summed E-state index contributed by atoms with van der Waals surface area (Å²) in [7, 11) is 0. The minimum absolute atomic E-state index is 0.329. The predicted molar refractivity (Wildman–Crippen MR) is 80.0 cm³/mol. The fraction of sp³-hybridized carbons (Fsp3) is 0.133. The topological polar surface area (TPSA) is 85.8 Å². The van der Waals surface area contributed by atoms with Crippen LogP contribution in [0.25, 0.3) is 16.7 Å². The minimum Gasteiger partial charge on any atom is -0.290 e. The first-order chi connectivity index (χ1) is 10.5. The molecular weight excluding hydrogens is 285 g/mol. The van der Waals surface area contributed by atoms with E-state index in [1.165, 1.54) is 12.1 Å². The number of halogens is 1. The van der Waals surface area contributed by atoms with Crippen LogP contribution in [0.1, 0.15) is 21.7 Å². The number of pyridine rings is 1. The van der Waals surface area contributed by atoms with Crippen LogP contribution in [-0.2, 0) is 0 Å². The van der Waals surface area contributed by atoms with E-state index in [9.17, 15) is 9.18 Å². The number of aryl methyl sites for hydroxylation is 2. The summed E-state index contributed by atoms with van der Waals surface area (Å²) in [6.45, 7) is 3.57. The van der Waals surface area contributed by atoms with Gasteiger partial charge in [-0.3, -0.25) is 10.2 Å². The number of hydrogen-bond donors (Lipinski definition) is 2. The molecule has 3 N–H and O–H groups in total. The van der Waals surface area contributed by atoms with Gasteiger partial charge in [0.1, 0.15) is 5.82 Å². The van der Waals surface area contributed by atoms with E-state index in [4.69, 9.17) is 5.84 Å². The second-order valence-electron chi connectivity index (χ2n) is 4.96. The lowest BCUT2D eigenvalue weighted by Gasteiger charge is -2.06. The first kappa shape index (κ1) is 14.2. The number of fused-ring (bicyclic) bond motifs is 1. The number of nitrogen functional groups attached to an aromatic ring is 1. The molecule has 0 saturated carbocycles. The largest absolute Gasteiger partial charge is 0.290 e. The van der Waals surface area contributed by atoms with Gasteiger partial charge in [-0.15, -0.1) is 0 Å². The highest BCUT2D eigenvalue weighted by Gasteiger charge is 2.18. The second-order valence-corrected chi connectivity index (χ2v) is 4.96. The van der Waals surface area contributed by atoms with Gasteiger partial charge in [-0.2, -0.15) is 5.10 Å². The molecule has 0 bridgehead atoms. The third-order valence-corrected chi connectivity index (χ3v) is 3.39. The summed E-state index contributed by atoms with van der Waals surface area (Å²) in [4.78, 5) is 16.4. The zero-order valence-electron chi connectivity index (χ0n) is 12.1. The van der Waals surface area contributed by atoms with Crippen molar-refractivity contribution < 1.29 is 9.18 Å². The third kappa shape index (κ3) is 2.21. The van der Waals surface area contributed by atoms with Crippen molar-refractivity contribution in [3.8, 4) is 5.69 Å². The minimum atomic E-state index is -0.405. The standard InChI is InChI=1S/C15H14FN5O/c1-8-7-12(15(22)19-17)13-9(2)20-21(14(13)18-8)11-5-3-10(16)4-6-11/h3-7H,17H2,1-2H3,(H,19,22). The SMILES string of the molecule is Cc1cc(C(=O)NN)c2c(C)nn(-c3ccc(F)cc3)c2n1. The highest BCUT2D eigenvalue weighted by atomic mass is 19.1. The molecule has 0 saturated heterocycles. The normalized spacial score (nSPS) is 10.9. The Kier molecular flexibility index (Phi) is 3.34. The van der Waals surface area contributed by atoms with Crippen molar-refractivity contribution in [2.24, 2.45) is 5.84 Å². The molecule has 0 spiro atoms. The van der Waals surface area contributed by atoms with Crippen LogP contribution in [0.15, 0.2) is 30.3 Å². The molecule has 7 heteroatoms. The van der Waals surface area contributed by atoms with Gasteiger partial charge in [0.25, 0.3) is 5.91 Å². The van der Waals surface area contributed by atoms with E-state index in [1.54, 1.807) is 36.7 Å². The van der Waals surface area contributed by atoms with Gasteiger partial charge in [-0.1, -0.05) is 0 Å². The number of nitrogens with one attached hydrogen (secondary N) is 1. The van der Waals surface area contributed by atoms with Crippen molar-refractivity contribution in [3.05, 3.63) is 53.1 Å². The number of carbonyl (C=O) groups excluding carboxylic acids is 1. The quantitative estimate of drug-likeness (QED) is 0.429. The maximum atomic E-state index is 13.1. The number of aromatic nitrogens is 3. The van der Waals surface area contributed by atoms with Crippen molar-refractivity contribution in [1.82, 2.24) is 20.2 Å². The summed E-state index contributed by atoms with van der Waals surface area (Å²) >= 11 is 0. The maximum Gasteiger partial charge on any atom is 0.266 e. The summed E-state index contributed by atoms with van der Waals surface area (Å²) in [6, 6.07) is 7.57. The zero-order chi connectivity index (χ0) is 15.9. The number of rotatable bonds is 2. The van der Waals surface area contributed by atoms with Gasteiger partial charge < -0.3 is 0 Å². The molecule has 22 heavy (non-hydrogen) atoms. The van der Waals surface area contributed by atoms with E-state index < -0.39 is 5.91 Å². The zero-order valence-corrected chi connectivity index (χ0v) is 12.1. The number of hydrazine groups is 1. The number of benzene rings is 1. The summed E-state index contributed by atoms with van der Waals surface area (Å²) in [5.74, 6) is 4.51. The second kappa shape index (κ2) is 5.19. The molecule has 0 atom stereocenters. The number of hydrogen-bond acceptors (Lipinski definition) is 4. The van der Waals surface area contributed by atoms with Crippen LogP contribution in [0.4, 0.5) is 4.39 Å². The molecule has 0 aliphatic heterocycles. The van der Waals surface area contributed by atoms with E-state index in [2.05, 4.69) is 15.5 Å². The Bertz CT molecular complexity index is 870. The Labute approximate surface area is 125 Å². The van der Waals surface area contributed by atoms with E-state index in [0.29, 0.717) is 33.7 Å². The molecule has 112 valence electrons. The smallest absolute Gasteiger partial charge is 0.266 e. The number of carbonyl (C=O) groups is 1. The van der Waals surface area contributed by atoms with Crippen molar-refractivity contribution in [2.45, 2.75) is 13.8 Å². The van der Waals surface area contributed by atoms with Crippen LogP contribution < -0.4 is 11.3 Å². The van der Waals surface area contributed by atoms with Crippen molar-refractivity contribution in [1.29, 1.82) is 0 Å². The first-order valence-electron chi connectivity index (χ1n) is 6.65. The lowest BCUT2D eigenvalue weighted by molar-refractivity contribution is 0.0955. The third-order valence-electron chi connectivity index (χ3n) is 3.39. The van der Waals surface area contributed by atoms with Crippen molar-refractivity contribution in [2.75, 3.05) is 0 Å². The van der Waals surface area contributed by atoms with Gasteiger partial charge >= 0.3 is 0 Å². The fourth-order valence-electron chi connectivity index (χ4n) is 2.43. The highest BCUT2D eigenvalue weighted by molar-refractivity contribution is 6.06. The number of nitrogens with zero attached hydrogens (tertiary/aromatic N) is 3. The molecule has 1 amide bonds. The molecule has 3 rings (SSSR count). The van der Waals surface area contributed by atoms with Crippen LogP contribution >= 0.6 is 0 Å². The summed E-state index contributed by atoms with van der Waals surface area (Å²) < 4.78 is 14.7. The Hall–Kier alpha value is -2.80. The lowest BCUT2D eigenvalue weighted by Crippen LogP contribution is -2.30. The molecule has 0 radical (unpaired) electrons. The molecule has 6 nitrogen and oxygen atoms in total. The van der Waals surface area contributed by atoms with Crippen molar-refractivity contribution >= 4 is 16.9 Å². The predicted octanol–water partition coefficient (Wildman–Crippen LogP) is 1.78. The average Bonchev–Trinajstić information content (AvgIpc) is 2.83. The van der Waals surface area contributed by atoms with Crippen LogP contribution in [0.5, 0.6) is 0 Å². The maximum absolute atomic E-state index is 13.1. The molecule has 0 fully saturated rings. The monoisotopic (exact) mass is 299 g/mol. The van der Waals surface area contributed by atoms with Crippen LogP contribution in [-0.4, -0.2) is 20.7 Å². The van der Waals surface area contributed by atoms with Crippen molar-refractivity contribution in [3.63, 3.8) is 0 Å². The average molecular weight is 299 g/mol. The van der Waals surface area contributed by atoms with Gasteiger partial charge in [-0.25, -0.2) is 19.9 Å². The Morgan fingerprint density at radius 3 is 2.59 bits per heavy atom. The van der Waals surface area contributed by atoms with Crippen LogP contribution in [0, 0.1) is 19.7 Å². The van der Waals surface area contributed by atoms with E-state index in [-0.39, 0.29) is 5.82 Å². The molecule has 3 aromatic rings. The van der Waals surface area contributed by atoms with Crippen LogP contribution in [0.3, 0.4) is 0 Å². The lowest BCUT2D eigenvalue weighted by atomic mass is 10.1. The Morgan fingerprint density at radius 1 is 1.27 bits per heavy atom. The van der Waals surface area contributed by atoms with Crippen LogP contribution in [0.2, 0.25) is 0 Å². The first-order valence-corrected chi connectivity index (χ1v) is 6.65. The molecule has 1 aromatic carbocycles. The number of nitrogens with two attached hydrogens (primary N) is 1. The Balaban J connectivity index is 2.32. The highest BCUT2D eigenvalue weighted by Crippen LogP contribution is 2.24.